The summed E-state index contributed by atoms with van der Waals surface area (Å²) >= 11 is 0. The molecule has 2 heterocycles. The lowest BCUT2D eigenvalue weighted by Crippen LogP contribution is -2.25. The van der Waals surface area contributed by atoms with Crippen LogP contribution in [0.15, 0.2) is 51.8 Å². The van der Waals surface area contributed by atoms with E-state index >= 15 is 0 Å². The van der Waals surface area contributed by atoms with Gasteiger partial charge in [-0.2, -0.15) is 10.1 Å². The van der Waals surface area contributed by atoms with E-state index in [4.69, 9.17) is 4.52 Å². The van der Waals surface area contributed by atoms with E-state index in [9.17, 15) is 9.59 Å². The van der Waals surface area contributed by atoms with Gasteiger partial charge >= 0.3 is 0 Å². The first-order chi connectivity index (χ1) is 14.4. The molecular weight excluding hydrogens is 382 g/mol. The zero-order valence-electron chi connectivity index (χ0n) is 17.1. The van der Waals surface area contributed by atoms with Crippen LogP contribution in [0, 0.1) is 6.92 Å². The molecule has 0 spiro atoms. The van der Waals surface area contributed by atoms with E-state index < -0.39 is 5.91 Å². The van der Waals surface area contributed by atoms with Gasteiger partial charge < -0.3 is 9.84 Å². The summed E-state index contributed by atoms with van der Waals surface area (Å²) < 4.78 is 6.60. The predicted octanol–water partition coefficient (Wildman–Crippen LogP) is 3.67. The van der Waals surface area contributed by atoms with Crippen LogP contribution in [0.4, 0.5) is 5.69 Å². The third-order valence-corrected chi connectivity index (χ3v) is 4.87. The number of nitrogens with one attached hydrogen (secondary N) is 1. The zero-order chi connectivity index (χ0) is 21.4. The second kappa shape index (κ2) is 7.55. The average molecular weight is 403 g/mol. The smallest absolute Gasteiger partial charge is 0.276 e. The Hall–Kier alpha value is -3.81. The highest BCUT2D eigenvalue weighted by atomic mass is 16.5. The summed E-state index contributed by atoms with van der Waals surface area (Å²) in [4.78, 5) is 30.0. The van der Waals surface area contributed by atoms with Gasteiger partial charge in [0.2, 0.25) is 0 Å². The molecule has 0 radical (unpaired) electrons. The van der Waals surface area contributed by atoms with Crippen molar-refractivity contribution < 1.29 is 9.32 Å². The standard InChI is InChI=1S/C22H21N5O3/c1-12(2)19-24-21(30-26-19)16-11-7-8-13(3)17(16)23-20(28)18-14-9-5-6-10-15(14)22(29)27(4)25-18/h5-12H,1-4H3,(H,23,28). The molecule has 0 aliphatic carbocycles. The molecule has 4 aromatic rings. The Labute approximate surface area is 172 Å². The van der Waals surface area contributed by atoms with Crippen LogP contribution in [-0.2, 0) is 7.05 Å². The Morgan fingerprint density at radius 3 is 2.53 bits per heavy atom. The second-order valence-corrected chi connectivity index (χ2v) is 7.39. The van der Waals surface area contributed by atoms with Crippen molar-refractivity contribution in [3.05, 3.63) is 69.9 Å². The first-order valence-electron chi connectivity index (χ1n) is 9.57. The number of carbonyl (C=O) groups is 1. The summed E-state index contributed by atoms with van der Waals surface area (Å²) in [6.45, 7) is 5.83. The molecule has 0 aliphatic rings. The van der Waals surface area contributed by atoms with Crippen molar-refractivity contribution in [3.63, 3.8) is 0 Å². The normalized spacial score (nSPS) is 11.2. The number of rotatable bonds is 4. The minimum atomic E-state index is -0.430. The molecule has 152 valence electrons. The van der Waals surface area contributed by atoms with E-state index in [1.807, 2.05) is 39.0 Å². The number of amides is 1. The lowest BCUT2D eigenvalue weighted by molar-refractivity contribution is 0.102. The Balaban J connectivity index is 1.79. The maximum absolute atomic E-state index is 13.2. The van der Waals surface area contributed by atoms with Gasteiger partial charge in [-0.25, -0.2) is 4.68 Å². The zero-order valence-corrected chi connectivity index (χ0v) is 17.1. The van der Waals surface area contributed by atoms with Gasteiger partial charge in [0.25, 0.3) is 17.4 Å². The van der Waals surface area contributed by atoms with Gasteiger partial charge in [-0.05, 0) is 24.6 Å². The van der Waals surface area contributed by atoms with Crippen LogP contribution in [0.3, 0.4) is 0 Å². The first kappa shape index (κ1) is 19.5. The van der Waals surface area contributed by atoms with Crippen molar-refractivity contribution in [2.75, 3.05) is 5.32 Å². The number of hydrogen-bond donors (Lipinski definition) is 1. The minimum absolute atomic E-state index is 0.117. The van der Waals surface area contributed by atoms with Gasteiger partial charge in [-0.15, -0.1) is 0 Å². The number of anilines is 1. The average Bonchev–Trinajstić information content (AvgIpc) is 3.22. The number of hydrogen-bond acceptors (Lipinski definition) is 6. The van der Waals surface area contributed by atoms with E-state index in [1.54, 1.807) is 24.3 Å². The quantitative estimate of drug-likeness (QED) is 0.558. The highest BCUT2D eigenvalue weighted by Gasteiger charge is 2.21. The maximum Gasteiger partial charge on any atom is 0.276 e. The van der Waals surface area contributed by atoms with Gasteiger partial charge in [-0.1, -0.05) is 49.3 Å². The van der Waals surface area contributed by atoms with Gasteiger partial charge in [-0.3, -0.25) is 9.59 Å². The van der Waals surface area contributed by atoms with Gasteiger partial charge in [0, 0.05) is 18.4 Å². The van der Waals surface area contributed by atoms with Crippen molar-refractivity contribution in [2.24, 2.45) is 7.05 Å². The summed E-state index contributed by atoms with van der Waals surface area (Å²) in [5.41, 5.74) is 1.92. The fourth-order valence-corrected chi connectivity index (χ4v) is 3.23. The van der Waals surface area contributed by atoms with Crippen LogP contribution < -0.4 is 10.9 Å². The minimum Gasteiger partial charge on any atom is -0.334 e. The first-order valence-corrected chi connectivity index (χ1v) is 9.57. The van der Waals surface area contributed by atoms with Crippen molar-refractivity contribution in [2.45, 2.75) is 26.7 Å². The molecule has 1 N–H and O–H groups in total. The molecule has 8 heteroatoms. The van der Waals surface area contributed by atoms with Gasteiger partial charge in [0.15, 0.2) is 11.5 Å². The monoisotopic (exact) mass is 403 g/mol. The largest absolute Gasteiger partial charge is 0.334 e. The molecular formula is C22H21N5O3. The molecule has 1 amide bonds. The number of nitrogens with zero attached hydrogens (tertiary/aromatic N) is 4. The Bertz CT molecular complexity index is 1320. The lowest BCUT2D eigenvalue weighted by Gasteiger charge is -2.13. The second-order valence-electron chi connectivity index (χ2n) is 7.39. The van der Waals surface area contributed by atoms with Crippen molar-refractivity contribution in [3.8, 4) is 11.5 Å². The fraction of sp³-hybridized carbons (Fsp3) is 0.227. The molecule has 4 rings (SSSR count). The fourth-order valence-electron chi connectivity index (χ4n) is 3.23. The van der Waals surface area contributed by atoms with Crippen LogP contribution in [0.25, 0.3) is 22.2 Å². The highest BCUT2D eigenvalue weighted by molar-refractivity contribution is 6.12. The van der Waals surface area contributed by atoms with Crippen LogP contribution in [-0.4, -0.2) is 25.8 Å². The van der Waals surface area contributed by atoms with E-state index in [-0.39, 0.29) is 17.2 Å². The summed E-state index contributed by atoms with van der Waals surface area (Å²) in [7, 11) is 1.52. The Kier molecular flexibility index (Phi) is 4.91. The molecule has 30 heavy (non-hydrogen) atoms. The topological polar surface area (TPSA) is 103 Å². The molecule has 0 atom stereocenters. The Morgan fingerprint density at radius 2 is 1.83 bits per heavy atom. The van der Waals surface area contributed by atoms with Crippen LogP contribution in [0.1, 0.15) is 41.6 Å². The van der Waals surface area contributed by atoms with Gasteiger partial charge in [0.1, 0.15) is 0 Å². The Morgan fingerprint density at radius 1 is 1.10 bits per heavy atom. The molecule has 0 saturated carbocycles. The van der Waals surface area contributed by atoms with E-state index in [0.29, 0.717) is 33.7 Å². The van der Waals surface area contributed by atoms with E-state index in [1.165, 1.54) is 11.7 Å². The van der Waals surface area contributed by atoms with Gasteiger partial charge in [0.05, 0.1) is 16.6 Å². The molecule has 2 aromatic heterocycles. The summed E-state index contributed by atoms with van der Waals surface area (Å²) in [5, 5.41) is 12.1. The van der Waals surface area contributed by atoms with Crippen LogP contribution in [0.2, 0.25) is 0 Å². The SMILES string of the molecule is Cc1cccc(-c2nc(C(C)C)no2)c1NC(=O)c1nn(C)c(=O)c2ccccc12. The maximum atomic E-state index is 13.2. The number of carbonyl (C=O) groups excluding carboxylic acids is 1. The summed E-state index contributed by atoms with van der Waals surface area (Å²) in [5.74, 6) is 0.609. The lowest BCUT2D eigenvalue weighted by atomic mass is 10.1. The molecule has 0 saturated heterocycles. The number of aromatic nitrogens is 4. The third-order valence-electron chi connectivity index (χ3n) is 4.87. The van der Waals surface area contributed by atoms with E-state index in [2.05, 4.69) is 20.6 Å². The third kappa shape index (κ3) is 3.36. The summed E-state index contributed by atoms with van der Waals surface area (Å²) in [6, 6.07) is 12.5. The molecule has 2 aromatic carbocycles. The van der Waals surface area contributed by atoms with E-state index in [0.717, 1.165) is 5.56 Å². The highest BCUT2D eigenvalue weighted by Crippen LogP contribution is 2.31. The summed E-state index contributed by atoms with van der Waals surface area (Å²) in [6.07, 6.45) is 0. The van der Waals surface area contributed by atoms with Crippen molar-refractivity contribution in [1.82, 2.24) is 19.9 Å². The predicted molar refractivity (Wildman–Crippen MR) is 113 cm³/mol. The number of para-hydroxylation sites is 1. The molecule has 0 aliphatic heterocycles. The number of fused-ring (bicyclic) bond motifs is 1. The van der Waals surface area contributed by atoms with Crippen molar-refractivity contribution in [1.29, 1.82) is 0 Å². The molecule has 0 fully saturated rings. The molecule has 8 nitrogen and oxygen atoms in total. The number of benzene rings is 2. The van der Waals surface area contributed by atoms with Crippen LogP contribution >= 0.6 is 0 Å². The molecule has 0 unspecified atom stereocenters. The van der Waals surface area contributed by atoms with Crippen LogP contribution in [0.5, 0.6) is 0 Å². The van der Waals surface area contributed by atoms with Crippen molar-refractivity contribution >= 4 is 22.4 Å². The molecule has 0 bridgehead atoms. The number of aryl methyl sites for hydroxylation is 2.